The largest absolute Gasteiger partial charge is 0.494 e. The maximum absolute atomic E-state index is 13.6. The summed E-state index contributed by atoms with van der Waals surface area (Å²) in [4.78, 5) is 0. The van der Waals surface area contributed by atoms with Crippen LogP contribution in [0.3, 0.4) is 0 Å². The Hall–Kier alpha value is -1.49. The van der Waals surface area contributed by atoms with Gasteiger partial charge in [-0.2, -0.15) is 0 Å². The number of hydrogen-bond acceptors (Lipinski definition) is 4. The standard InChI is InChI=1S/C13H18FNO3/c1-16-13-7-12(10(14)6-11(13)15)18-8-9-2-4-17-5-3-9/h6-7,9H,2-5,8,15H2,1H3. The summed E-state index contributed by atoms with van der Waals surface area (Å²) in [6.07, 6.45) is 1.90. The molecule has 0 radical (unpaired) electrons. The smallest absolute Gasteiger partial charge is 0.167 e. The van der Waals surface area contributed by atoms with Crippen LogP contribution in [-0.4, -0.2) is 26.9 Å². The molecule has 18 heavy (non-hydrogen) atoms. The van der Waals surface area contributed by atoms with E-state index in [9.17, 15) is 4.39 Å². The molecule has 0 aromatic heterocycles. The maximum Gasteiger partial charge on any atom is 0.167 e. The second-order valence-electron chi connectivity index (χ2n) is 4.39. The van der Waals surface area contributed by atoms with Gasteiger partial charge in [0.25, 0.3) is 0 Å². The lowest BCUT2D eigenvalue weighted by Crippen LogP contribution is -2.21. The van der Waals surface area contributed by atoms with E-state index in [4.69, 9.17) is 19.9 Å². The van der Waals surface area contributed by atoms with Gasteiger partial charge in [0, 0.05) is 25.3 Å². The molecular formula is C13H18FNO3. The molecule has 1 aliphatic heterocycles. The van der Waals surface area contributed by atoms with Crippen LogP contribution in [0.15, 0.2) is 12.1 Å². The van der Waals surface area contributed by atoms with Crippen molar-refractivity contribution >= 4 is 5.69 Å². The van der Waals surface area contributed by atoms with Crippen molar-refractivity contribution < 1.29 is 18.6 Å². The molecule has 100 valence electrons. The summed E-state index contributed by atoms with van der Waals surface area (Å²) >= 11 is 0. The van der Waals surface area contributed by atoms with Gasteiger partial charge in [0.05, 0.1) is 19.4 Å². The van der Waals surface area contributed by atoms with Crippen LogP contribution in [0.4, 0.5) is 10.1 Å². The van der Waals surface area contributed by atoms with E-state index < -0.39 is 5.82 Å². The van der Waals surface area contributed by atoms with E-state index >= 15 is 0 Å². The summed E-state index contributed by atoms with van der Waals surface area (Å²) in [7, 11) is 1.49. The SMILES string of the molecule is COc1cc(OCC2CCOCC2)c(F)cc1N. The Morgan fingerprint density at radius 2 is 2.06 bits per heavy atom. The molecule has 1 saturated heterocycles. The Morgan fingerprint density at radius 1 is 1.33 bits per heavy atom. The van der Waals surface area contributed by atoms with E-state index in [1.807, 2.05) is 0 Å². The molecule has 0 bridgehead atoms. The zero-order chi connectivity index (χ0) is 13.0. The predicted octanol–water partition coefficient (Wildman–Crippen LogP) is 2.22. The molecule has 1 aliphatic rings. The monoisotopic (exact) mass is 255 g/mol. The van der Waals surface area contributed by atoms with Crippen molar-refractivity contribution in [1.29, 1.82) is 0 Å². The minimum absolute atomic E-state index is 0.188. The number of nitrogens with two attached hydrogens (primary N) is 1. The van der Waals surface area contributed by atoms with Gasteiger partial charge in [0.15, 0.2) is 11.6 Å². The average molecular weight is 255 g/mol. The third kappa shape index (κ3) is 3.04. The van der Waals surface area contributed by atoms with Crippen molar-refractivity contribution in [2.45, 2.75) is 12.8 Å². The van der Waals surface area contributed by atoms with Crippen molar-refractivity contribution in [3.63, 3.8) is 0 Å². The van der Waals surface area contributed by atoms with Crippen LogP contribution < -0.4 is 15.2 Å². The van der Waals surface area contributed by atoms with Gasteiger partial charge in [-0.05, 0) is 18.8 Å². The first kappa shape index (κ1) is 13.0. The number of halogens is 1. The Balaban J connectivity index is 1.99. The first-order valence-corrected chi connectivity index (χ1v) is 6.04. The number of methoxy groups -OCH3 is 1. The first-order chi connectivity index (χ1) is 8.70. The molecule has 2 N–H and O–H groups in total. The molecule has 2 rings (SSSR count). The van der Waals surface area contributed by atoms with E-state index in [1.54, 1.807) is 0 Å². The molecule has 0 spiro atoms. The van der Waals surface area contributed by atoms with E-state index in [1.165, 1.54) is 19.2 Å². The molecule has 0 aliphatic carbocycles. The number of ether oxygens (including phenoxy) is 3. The van der Waals surface area contributed by atoms with Crippen molar-refractivity contribution in [1.82, 2.24) is 0 Å². The third-order valence-corrected chi connectivity index (χ3v) is 3.10. The highest BCUT2D eigenvalue weighted by Gasteiger charge is 2.16. The van der Waals surface area contributed by atoms with Crippen molar-refractivity contribution in [3.05, 3.63) is 17.9 Å². The van der Waals surface area contributed by atoms with E-state index in [-0.39, 0.29) is 11.4 Å². The molecule has 1 aromatic carbocycles. The van der Waals surface area contributed by atoms with Gasteiger partial charge in [-0.15, -0.1) is 0 Å². The fourth-order valence-corrected chi connectivity index (χ4v) is 1.96. The van der Waals surface area contributed by atoms with Gasteiger partial charge >= 0.3 is 0 Å². The molecule has 5 heteroatoms. The second kappa shape index (κ2) is 5.91. The Kier molecular flexibility index (Phi) is 4.25. The lowest BCUT2D eigenvalue weighted by molar-refractivity contribution is 0.0491. The Labute approximate surface area is 106 Å². The normalized spacial score (nSPS) is 16.6. The highest BCUT2D eigenvalue weighted by Crippen LogP contribution is 2.30. The van der Waals surface area contributed by atoms with Crippen molar-refractivity contribution in [2.24, 2.45) is 5.92 Å². The minimum atomic E-state index is -0.458. The number of hydrogen-bond donors (Lipinski definition) is 1. The van der Waals surface area contributed by atoms with Gasteiger partial charge in [0.2, 0.25) is 0 Å². The predicted molar refractivity (Wildman–Crippen MR) is 66.4 cm³/mol. The maximum atomic E-state index is 13.6. The number of nitrogen functional groups attached to an aromatic ring is 1. The summed E-state index contributed by atoms with van der Waals surface area (Å²) in [5.74, 6) is 0.577. The topological polar surface area (TPSA) is 53.7 Å². The van der Waals surface area contributed by atoms with E-state index in [2.05, 4.69) is 0 Å². The summed E-state index contributed by atoms with van der Waals surface area (Å²) in [6, 6.07) is 2.71. The number of rotatable bonds is 4. The highest BCUT2D eigenvalue weighted by atomic mass is 19.1. The molecular weight excluding hydrogens is 237 g/mol. The molecule has 1 heterocycles. The van der Waals surface area contributed by atoms with Gasteiger partial charge < -0.3 is 19.9 Å². The Morgan fingerprint density at radius 3 is 2.72 bits per heavy atom. The summed E-state index contributed by atoms with van der Waals surface area (Å²) in [5.41, 5.74) is 5.87. The van der Waals surface area contributed by atoms with Crippen LogP contribution in [0.1, 0.15) is 12.8 Å². The molecule has 0 amide bonds. The molecule has 4 nitrogen and oxygen atoms in total. The van der Waals surface area contributed by atoms with Crippen LogP contribution in [-0.2, 0) is 4.74 Å². The summed E-state index contributed by atoms with van der Waals surface area (Å²) in [5, 5.41) is 0. The number of benzene rings is 1. The lowest BCUT2D eigenvalue weighted by atomic mass is 10.0. The van der Waals surface area contributed by atoms with Gasteiger partial charge in [-0.25, -0.2) is 4.39 Å². The number of anilines is 1. The van der Waals surface area contributed by atoms with Crippen molar-refractivity contribution in [2.75, 3.05) is 32.7 Å². The third-order valence-electron chi connectivity index (χ3n) is 3.10. The van der Waals surface area contributed by atoms with E-state index in [0.717, 1.165) is 26.1 Å². The fourth-order valence-electron chi connectivity index (χ4n) is 1.96. The highest BCUT2D eigenvalue weighted by molar-refractivity contribution is 5.56. The van der Waals surface area contributed by atoms with Crippen LogP contribution >= 0.6 is 0 Å². The van der Waals surface area contributed by atoms with Crippen LogP contribution in [0.5, 0.6) is 11.5 Å². The lowest BCUT2D eigenvalue weighted by Gasteiger charge is -2.22. The van der Waals surface area contributed by atoms with Crippen LogP contribution in [0.25, 0.3) is 0 Å². The van der Waals surface area contributed by atoms with Gasteiger partial charge in [0.1, 0.15) is 5.75 Å². The molecule has 0 atom stereocenters. The zero-order valence-electron chi connectivity index (χ0n) is 10.4. The first-order valence-electron chi connectivity index (χ1n) is 6.04. The van der Waals surface area contributed by atoms with Gasteiger partial charge in [-0.1, -0.05) is 0 Å². The van der Waals surface area contributed by atoms with Crippen molar-refractivity contribution in [3.8, 4) is 11.5 Å². The molecule has 1 fully saturated rings. The van der Waals surface area contributed by atoms with Crippen LogP contribution in [0.2, 0.25) is 0 Å². The van der Waals surface area contributed by atoms with E-state index in [0.29, 0.717) is 18.3 Å². The minimum Gasteiger partial charge on any atom is -0.494 e. The molecule has 1 aromatic rings. The molecule has 0 unspecified atom stereocenters. The average Bonchev–Trinajstić information content (AvgIpc) is 2.39. The van der Waals surface area contributed by atoms with Gasteiger partial charge in [-0.3, -0.25) is 0 Å². The van der Waals surface area contributed by atoms with Crippen LogP contribution in [0, 0.1) is 11.7 Å². The quantitative estimate of drug-likeness (QED) is 0.838. The molecule has 0 saturated carbocycles. The summed E-state index contributed by atoms with van der Waals surface area (Å²) < 4.78 is 29.4. The second-order valence-corrected chi connectivity index (χ2v) is 4.39. The summed E-state index contributed by atoms with van der Waals surface area (Å²) in [6.45, 7) is 2.00. The fraction of sp³-hybridized carbons (Fsp3) is 0.538. The Bertz CT molecular complexity index is 405. The zero-order valence-corrected chi connectivity index (χ0v) is 10.4.